The first-order chi connectivity index (χ1) is 3.91. The molecule has 0 aromatic rings. The molecule has 0 atom stereocenters. The molecule has 50 valence electrons. The molecule has 0 aliphatic carbocycles. The summed E-state index contributed by atoms with van der Waals surface area (Å²) in [4.78, 5) is 0. The van der Waals surface area contributed by atoms with Gasteiger partial charge >= 0.3 is 0 Å². The van der Waals surface area contributed by atoms with Gasteiger partial charge < -0.3 is 4.74 Å². The van der Waals surface area contributed by atoms with Crippen LogP contribution in [0.4, 0.5) is 0 Å². The Bertz CT molecular complexity index is 35.4. The molecule has 0 heterocycles. The van der Waals surface area contributed by atoms with Crippen LogP contribution in [0.15, 0.2) is 0 Å². The Morgan fingerprint density at radius 1 is 1.50 bits per heavy atom. The molecule has 0 fully saturated rings. The number of thiol groups is 1. The highest BCUT2D eigenvalue weighted by Crippen LogP contribution is 1.90. The van der Waals surface area contributed by atoms with Gasteiger partial charge in [-0.25, -0.2) is 0 Å². The van der Waals surface area contributed by atoms with E-state index in [1.807, 2.05) is 0 Å². The third kappa shape index (κ3) is 6.66. The summed E-state index contributed by atoms with van der Waals surface area (Å²) in [5.41, 5.74) is 0. The van der Waals surface area contributed by atoms with Crippen LogP contribution in [0.25, 0.3) is 0 Å². The van der Waals surface area contributed by atoms with Crippen LogP contribution >= 0.6 is 24.4 Å². The summed E-state index contributed by atoms with van der Waals surface area (Å²) in [6.07, 6.45) is 2.07. The van der Waals surface area contributed by atoms with Gasteiger partial charge in [0.25, 0.3) is 0 Å². The van der Waals surface area contributed by atoms with E-state index in [-0.39, 0.29) is 0 Å². The van der Waals surface area contributed by atoms with Crippen molar-refractivity contribution >= 4 is 24.4 Å². The second-order valence-corrected chi connectivity index (χ2v) is 2.76. The third-order valence-corrected chi connectivity index (χ3v) is 1.42. The maximum absolute atomic E-state index is 5.13. The number of hydrogen-bond acceptors (Lipinski definition) is 3. The van der Waals surface area contributed by atoms with Crippen molar-refractivity contribution in [2.24, 2.45) is 0 Å². The highest BCUT2D eigenvalue weighted by Gasteiger charge is 1.82. The number of hydrogen-bond donors (Lipinski definition) is 1. The summed E-state index contributed by atoms with van der Waals surface area (Å²) in [7, 11) is 0. The van der Waals surface area contributed by atoms with Gasteiger partial charge in [-0.3, -0.25) is 0 Å². The minimum absolute atomic E-state index is 0.781. The van der Waals surface area contributed by atoms with E-state index in [9.17, 15) is 0 Å². The summed E-state index contributed by atoms with van der Waals surface area (Å²) in [5, 5.41) is 0. The molecule has 1 nitrogen and oxygen atoms in total. The topological polar surface area (TPSA) is 9.23 Å². The van der Waals surface area contributed by atoms with Crippen LogP contribution in [-0.4, -0.2) is 31.0 Å². The first-order valence-electron chi connectivity index (χ1n) is 2.59. The number of thioether (sulfide) groups is 1. The van der Waals surface area contributed by atoms with E-state index in [0.717, 1.165) is 24.7 Å². The van der Waals surface area contributed by atoms with E-state index in [1.54, 1.807) is 11.8 Å². The zero-order chi connectivity index (χ0) is 6.24. The average Bonchev–Trinajstić information content (AvgIpc) is 1.81. The van der Waals surface area contributed by atoms with E-state index in [2.05, 4.69) is 18.9 Å². The first-order valence-corrected chi connectivity index (χ1v) is 4.62. The van der Waals surface area contributed by atoms with Gasteiger partial charge in [0.2, 0.25) is 0 Å². The van der Waals surface area contributed by atoms with Gasteiger partial charge in [0.05, 0.1) is 13.2 Å². The smallest absolute Gasteiger partial charge is 0.0557 e. The second-order valence-electron chi connectivity index (χ2n) is 1.33. The highest BCUT2D eigenvalue weighted by atomic mass is 32.2. The van der Waals surface area contributed by atoms with E-state index >= 15 is 0 Å². The molecule has 0 aliphatic rings. The van der Waals surface area contributed by atoms with E-state index in [4.69, 9.17) is 4.74 Å². The van der Waals surface area contributed by atoms with Crippen molar-refractivity contribution in [2.45, 2.75) is 0 Å². The summed E-state index contributed by atoms with van der Waals surface area (Å²) in [5.74, 6) is 1.92. The fourth-order valence-corrected chi connectivity index (χ4v) is 0.722. The first kappa shape index (κ1) is 8.66. The van der Waals surface area contributed by atoms with Gasteiger partial charge in [0.15, 0.2) is 0 Å². The maximum atomic E-state index is 5.13. The fourth-order valence-electron chi connectivity index (χ4n) is 0.309. The lowest BCUT2D eigenvalue weighted by atomic mass is 10.8. The van der Waals surface area contributed by atoms with Gasteiger partial charge in [-0.05, 0) is 6.26 Å². The van der Waals surface area contributed by atoms with Crippen LogP contribution in [0.2, 0.25) is 0 Å². The van der Waals surface area contributed by atoms with Crippen LogP contribution in [0, 0.1) is 0 Å². The van der Waals surface area contributed by atoms with Gasteiger partial charge in [-0.1, -0.05) is 0 Å². The van der Waals surface area contributed by atoms with Crippen molar-refractivity contribution in [1.29, 1.82) is 0 Å². The van der Waals surface area contributed by atoms with Crippen LogP contribution in [0.5, 0.6) is 0 Å². The van der Waals surface area contributed by atoms with Crippen LogP contribution < -0.4 is 0 Å². The minimum Gasteiger partial charge on any atom is -0.380 e. The Morgan fingerprint density at radius 2 is 2.25 bits per heavy atom. The molecule has 0 aromatic heterocycles. The monoisotopic (exact) mass is 152 g/mol. The molecule has 0 N–H and O–H groups in total. The Kier molecular flexibility index (Phi) is 8.29. The van der Waals surface area contributed by atoms with Crippen molar-refractivity contribution in [3.63, 3.8) is 0 Å². The molecular formula is C5H12OS2. The molecule has 3 heteroatoms. The Labute approximate surface area is 60.6 Å². The zero-order valence-electron chi connectivity index (χ0n) is 5.09. The molecule has 0 unspecified atom stereocenters. The lowest BCUT2D eigenvalue weighted by molar-refractivity contribution is 0.167. The molecule has 0 saturated carbocycles. The molecule has 0 spiro atoms. The van der Waals surface area contributed by atoms with Gasteiger partial charge in [0.1, 0.15) is 0 Å². The van der Waals surface area contributed by atoms with Crippen molar-refractivity contribution < 1.29 is 4.74 Å². The largest absolute Gasteiger partial charge is 0.380 e. The number of ether oxygens (including phenoxy) is 1. The molecule has 0 amide bonds. The fraction of sp³-hybridized carbons (Fsp3) is 1.00. The molecule has 8 heavy (non-hydrogen) atoms. The molecule has 0 radical (unpaired) electrons. The van der Waals surface area contributed by atoms with E-state index in [1.165, 1.54) is 0 Å². The van der Waals surface area contributed by atoms with Crippen LogP contribution in [-0.2, 0) is 4.74 Å². The highest BCUT2D eigenvalue weighted by molar-refractivity contribution is 7.98. The van der Waals surface area contributed by atoms with Gasteiger partial charge in [-0.2, -0.15) is 24.4 Å². The summed E-state index contributed by atoms with van der Waals surface area (Å²) >= 11 is 5.79. The van der Waals surface area contributed by atoms with Crippen molar-refractivity contribution in [1.82, 2.24) is 0 Å². The second kappa shape index (κ2) is 7.66. The predicted octanol–water partition coefficient (Wildman–Crippen LogP) is 1.30. The van der Waals surface area contributed by atoms with Crippen LogP contribution in [0.3, 0.4) is 0 Å². The Morgan fingerprint density at radius 3 is 2.75 bits per heavy atom. The summed E-state index contributed by atoms with van der Waals surface area (Å²) < 4.78 is 5.13. The maximum Gasteiger partial charge on any atom is 0.0557 e. The standard InChI is InChI=1S/C5H12OS2/c1-8-5-3-6-2-4-7/h7H,2-5H2,1H3. The van der Waals surface area contributed by atoms with Crippen molar-refractivity contribution in [3.05, 3.63) is 0 Å². The molecule has 0 bridgehead atoms. The molecule has 0 saturated heterocycles. The Hall–Kier alpha value is 0.660. The molecule has 0 aliphatic heterocycles. The molecule has 0 rings (SSSR count). The molecule has 0 aromatic carbocycles. The Balaban J connectivity index is 2.53. The van der Waals surface area contributed by atoms with E-state index in [0.29, 0.717) is 0 Å². The lowest BCUT2D eigenvalue weighted by Crippen LogP contribution is -1.99. The predicted molar refractivity (Wildman–Crippen MR) is 43.1 cm³/mol. The zero-order valence-corrected chi connectivity index (χ0v) is 6.80. The van der Waals surface area contributed by atoms with Crippen LogP contribution in [0.1, 0.15) is 0 Å². The normalized spacial score (nSPS) is 9.75. The third-order valence-electron chi connectivity index (χ3n) is 0.667. The van der Waals surface area contributed by atoms with Crippen molar-refractivity contribution in [2.75, 3.05) is 31.0 Å². The van der Waals surface area contributed by atoms with Gasteiger partial charge in [0, 0.05) is 11.5 Å². The average molecular weight is 152 g/mol. The SMILES string of the molecule is CSCCOCCS. The number of rotatable bonds is 5. The lowest BCUT2D eigenvalue weighted by Gasteiger charge is -1.97. The summed E-state index contributed by atoms with van der Waals surface area (Å²) in [6, 6.07) is 0. The summed E-state index contributed by atoms with van der Waals surface area (Å²) in [6.45, 7) is 1.64. The van der Waals surface area contributed by atoms with Gasteiger partial charge in [-0.15, -0.1) is 0 Å². The quantitative estimate of drug-likeness (QED) is 0.469. The molecular weight excluding hydrogens is 140 g/mol. The van der Waals surface area contributed by atoms with E-state index < -0.39 is 0 Å². The minimum atomic E-state index is 0.781. The van der Waals surface area contributed by atoms with Crippen molar-refractivity contribution in [3.8, 4) is 0 Å².